The Labute approximate surface area is 176 Å². The zero-order valence-corrected chi connectivity index (χ0v) is 17.7. The second kappa shape index (κ2) is 7.01. The van der Waals surface area contributed by atoms with Gasteiger partial charge in [0.25, 0.3) is 0 Å². The van der Waals surface area contributed by atoms with Crippen molar-refractivity contribution >= 4 is 22.7 Å². The van der Waals surface area contributed by atoms with E-state index in [2.05, 4.69) is 48.3 Å². The van der Waals surface area contributed by atoms with Crippen LogP contribution in [0, 0.1) is 0 Å². The van der Waals surface area contributed by atoms with E-state index in [9.17, 15) is 9.59 Å². The lowest BCUT2D eigenvalue weighted by molar-refractivity contribution is -0.160. The quantitative estimate of drug-likeness (QED) is 0.725. The van der Waals surface area contributed by atoms with Gasteiger partial charge in [-0.2, -0.15) is 0 Å². The highest BCUT2D eigenvalue weighted by molar-refractivity contribution is 5.97. The first kappa shape index (κ1) is 18.9. The van der Waals surface area contributed by atoms with Crippen LogP contribution in [0.4, 0.5) is 0 Å². The van der Waals surface area contributed by atoms with E-state index in [0.29, 0.717) is 6.42 Å². The van der Waals surface area contributed by atoms with Crippen molar-refractivity contribution in [2.75, 3.05) is 6.54 Å². The monoisotopic (exact) mass is 401 g/mol. The molecular weight excluding hydrogens is 374 g/mol. The van der Waals surface area contributed by atoms with Crippen LogP contribution in [0.5, 0.6) is 0 Å². The molecule has 5 nitrogen and oxygen atoms in total. The summed E-state index contributed by atoms with van der Waals surface area (Å²) in [5.41, 5.74) is 5.55. The number of aromatic amines is 1. The number of carbonyl (C=O) groups is 2. The van der Waals surface area contributed by atoms with Gasteiger partial charge >= 0.3 is 0 Å². The number of para-hydroxylation sites is 1. The van der Waals surface area contributed by atoms with E-state index in [1.807, 2.05) is 30.9 Å². The van der Waals surface area contributed by atoms with Gasteiger partial charge in [-0.25, -0.2) is 0 Å². The van der Waals surface area contributed by atoms with Crippen LogP contribution in [0.15, 0.2) is 48.5 Å². The summed E-state index contributed by atoms with van der Waals surface area (Å²) in [7, 11) is 0. The molecule has 0 saturated carbocycles. The summed E-state index contributed by atoms with van der Waals surface area (Å²) >= 11 is 0. The van der Waals surface area contributed by atoms with E-state index in [1.54, 1.807) is 4.90 Å². The molecular formula is C25H27N3O2. The number of fused-ring (bicyclic) bond motifs is 4. The summed E-state index contributed by atoms with van der Waals surface area (Å²) in [4.78, 5) is 33.9. The number of nitrogens with zero attached hydrogens (tertiary/aromatic N) is 2. The molecule has 2 atom stereocenters. The number of rotatable bonds is 3. The average Bonchev–Trinajstić information content (AvgIpc) is 3.13. The fourth-order valence-corrected chi connectivity index (χ4v) is 5.01. The van der Waals surface area contributed by atoms with E-state index < -0.39 is 6.04 Å². The van der Waals surface area contributed by atoms with E-state index in [4.69, 9.17) is 0 Å². The van der Waals surface area contributed by atoms with E-state index in [0.717, 1.165) is 34.1 Å². The molecule has 154 valence electrons. The van der Waals surface area contributed by atoms with Crippen molar-refractivity contribution in [2.45, 2.75) is 51.7 Å². The molecule has 30 heavy (non-hydrogen) atoms. The number of benzene rings is 2. The molecule has 0 spiro atoms. The number of H-pyrrole nitrogens is 1. The zero-order valence-electron chi connectivity index (χ0n) is 17.7. The minimum absolute atomic E-state index is 0.00949. The minimum Gasteiger partial charge on any atom is -0.356 e. The molecule has 1 fully saturated rings. The molecule has 5 heteroatoms. The summed E-state index contributed by atoms with van der Waals surface area (Å²) < 4.78 is 0. The SMILES string of the molecule is CCc1ccc([C@H]2c3[nH]c4ccccc4c3C[C@@H]3C(=O)N(C(C)C)CC(=O)N23)cc1. The maximum Gasteiger partial charge on any atom is 0.246 e. The predicted molar refractivity (Wildman–Crippen MR) is 117 cm³/mol. The molecule has 0 unspecified atom stereocenters. The maximum atomic E-state index is 13.4. The third-order valence-electron chi connectivity index (χ3n) is 6.62. The molecule has 5 rings (SSSR count). The number of hydrogen-bond acceptors (Lipinski definition) is 2. The maximum absolute atomic E-state index is 13.4. The first-order valence-corrected chi connectivity index (χ1v) is 10.8. The van der Waals surface area contributed by atoms with Crippen LogP contribution in [0.1, 0.15) is 49.2 Å². The van der Waals surface area contributed by atoms with Gasteiger partial charge in [0, 0.05) is 29.1 Å². The normalized spacial score (nSPS) is 21.3. The standard InChI is InChI=1S/C25H27N3O2/c1-4-16-9-11-17(12-10-16)24-23-19(18-7-5-6-8-20(18)26-23)13-21-25(30)27(15(2)3)14-22(29)28(21)24/h5-12,15,21,24,26H,4,13-14H2,1-3H3/t21-,24+/m1/s1. The second-order valence-corrected chi connectivity index (χ2v) is 8.64. The number of piperazine rings is 1. The molecule has 0 radical (unpaired) electrons. The lowest BCUT2D eigenvalue weighted by atomic mass is 9.85. The predicted octanol–water partition coefficient (Wildman–Crippen LogP) is 3.82. The largest absolute Gasteiger partial charge is 0.356 e. The smallest absolute Gasteiger partial charge is 0.246 e. The Kier molecular flexibility index (Phi) is 4.42. The first-order chi connectivity index (χ1) is 14.5. The molecule has 1 saturated heterocycles. The van der Waals surface area contributed by atoms with Gasteiger partial charge in [0.2, 0.25) is 11.8 Å². The van der Waals surface area contributed by atoms with E-state index in [-0.39, 0.29) is 30.4 Å². The number of aromatic nitrogens is 1. The van der Waals surface area contributed by atoms with Crippen LogP contribution in [0.3, 0.4) is 0 Å². The van der Waals surface area contributed by atoms with Gasteiger partial charge in [-0.1, -0.05) is 49.4 Å². The van der Waals surface area contributed by atoms with Crippen molar-refractivity contribution in [1.29, 1.82) is 0 Å². The summed E-state index contributed by atoms with van der Waals surface area (Å²) in [6.45, 7) is 6.23. The van der Waals surface area contributed by atoms with Crippen LogP contribution in [-0.4, -0.2) is 45.2 Å². The Balaban J connectivity index is 1.70. The highest BCUT2D eigenvalue weighted by atomic mass is 16.2. The zero-order chi connectivity index (χ0) is 21.0. The van der Waals surface area contributed by atoms with Crippen molar-refractivity contribution in [1.82, 2.24) is 14.8 Å². The van der Waals surface area contributed by atoms with Crippen molar-refractivity contribution in [2.24, 2.45) is 0 Å². The summed E-state index contributed by atoms with van der Waals surface area (Å²) in [5, 5.41) is 1.14. The van der Waals surface area contributed by atoms with E-state index in [1.165, 1.54) is 5.56 Å². The third kappa shape index (κ3) is 2.76. The molecule has 0 bridgehead atoms. The molecule has 3 heterocycles. The van der Waals surface area contributed by atoms with Crippen molar-refractivity contribution in [3.05, 3.63) is 70.9 Å². The Morgan fingerprint density at radius 3 is 2.50 bits per heavy atom. The number of hydrogen-bond donors (Lipinski definition) is 1. The molecule has 0 aliphatic carbocycles. The Hall–Kier alpha value is -3.08. The van der Waals surface area contributed by atoms with Gasteiger partial charge < -0.3 is 14.8 Å². The van der Waals surface area contributed by atoms with Crippen LogP contribution in [-0.2, 0) is 22.4 Å². The molecule has 2 aliphatic heterocycles. The summed E-state index contributed by atoms with van der Waals surface area (Å²) in [5.74, 6) is 0.0675. The van der Waals surface area contributed by atoms with Crippen molar-refractivity contribution in [3.8, 4) is 0 Å². The summed E-state index contributed by atoms with van der Waals surface area (Å²) in [6, 6.07) is 15.9. The molecule has 2 aromatic carbocycles. The third-order valence-corrected chi connectivity index (χ3v) is 6.62. The van der Waals surface area contributed by atoms with Crippen LogP contribution in [0.2, 0.25) is 0 Å². The lowest BCUT2D eigenvalue weighted by Crippen LogP contribution is -2.64. The minimum atomic E-state index is -0.462. The molecule has 2 amide bonds. The van der Waals surface area contributed by atoms with E-state index >= 15 is 0 Å². The van der Waals surface area contributed by atoms with Crippen molar-refractivity contribution in [3.63, 3.8) is 0 Å². The molecule has 2 aliphatic rings. The number of amides is 2. The number of aryl methyl sites for hydroxylation is 1. The molecule has 1 aromatic heterocycles. The van der Waals surface area contributed by atoms with Gasteiger partial charge in [-0.15, -0.1) is 0 Å². The first-order valence-electron chi connectivity index (χ1n) is 10.8. The summed E-state index contributed by atoms with van der Waals surface area (Å²) in [6.07, 6.45) is 1.52. The number of nitrogens with one attached hydrogen (secondary N) is 1. The average molecular weight is 402 g/mol. The van der Waals surface area contributed by atoms with Gasteiger partial charge in [-0.05, 0) is 43.0 Å². The fraction of sp³-hybridized carbons (Fsp3) is 0.360. The topological polar surface area (TPSA) is 56.4 Å². The van der Waals surface area contributed by atoms with Crippen molar-refractivity contribution < 1.29 is 9.59 Å². The van der Waals surface area contributed by atoms with Gasteiger partial charge in [0.05, 0.1) is 6.04 Å². The van der Waals surface area contributed by atoms with Gasteiger partial charge in [0.15, 0.2) is 0 Å². The lowest BCUT2D eigenvalue weighted by Gasteiger charge is -2.48. The van der Waals surface area contributed by atoms with Crippen LogP contribution < -0.4 is 0 Å². The van der Waals surface area contributed by atoms with Gasteiger partial charge in [-0.3, -0.25) is 9.59 Å². The highest BCUT2D eigenvalue weighted by Crippen LogP contribution is 2.42. The fourth-order valence-electron chi connectivity index (χ4n) is 5.01. The van der Waals surface area contributed by atoms with Crippen LogP contribution >= 0.6 is 0 Å². The number of carbonyl (C=O) groups excluding carboxylic acids is 2. The van der Waals surface area contributed by atoms with Gasteiger partial charge in [0.1, 0.15) is 12.6 Å². The molecule has 3 aromatic rings. The Bertz CT molecular complexity index is 1130. The Morgan fingerprint density at radius 1 is 1.07 bits per heavy atom. The Morgan fingerprint density at radius 2 is 1.80 bits per heavy atom. The highest BCUT2D eigenvalue weighted by Gasteiger charge is 2.48. The second-order valence-electron chi connectivity index (χ2n) is 8.64. The van der Waals surface area contributed by atoms with Crippen LogP contribution in [0.25, 0.3) is 10.9 Å². The molecule has 1 N–H and O–H groups in total.